The van der Waals surface area contributed by atoms with Gasteiger partial charge in [-0.2, -0.15) is 0 Å². The van der Waals surface area contributed by atoms with Gasteiger partial charge >= 0.3 is 0 Å². The normalized spacial score (nSPS) is 16.9. The van der Waals surface area contributed by atoms with Gasteiger partial charge in [0.2, 0.25) is 0 Å². The fourth-order valence-corrected chi connectivity index (χ4v) is 4.04. The fourth-order valence-electron chi connectivity index (χ4n) is 4.04. The predicted octanol–water partition coefficient (Wildman–Crippen LogP) is 5.27. The zero-order valence-corrected chi connectivity index (χ0v) is 16.8. The first-order chi connectivity index (χ1) is 14.8. The van der Waals surface area contributed by atoms with E-state index in [4.69, 9.17) is 14.5 Å². The number of benzene rings is 3. The van der Waals surface area contributed by atoms with Crippen molar-refractivity contribution in [3.63, 3.8) is 0 Å². The number of hydrogen-bond acceptors (Lipinski definition) is 5. The fraction of sp³-hybridized carbons (Fsp3) is 0.240. The SMILES string of the molecule is c1ccc(Oc2cccc(CNC3=Nc4ccccc4NC34CCOCC4)c2)cc1. The molecule has 3 aromatic carbocycles. The van der Waals surface area contributed by atoms with Crippen LogP contribution in [-0.4, -0.2) is 24.6 Å². The smallest absolute Gasteiger partial charge is 0.129 e. The first kappa shape index (κ1) is 18.7. The topological polar surface area (TPSA) is 54.9 Å². The third-order valence-corrected chi connectivity index (χ3v) is 5.65. The Kier molecular flexibility index (Phi) is 5.11. The van der Waals surface area contributed by atoms with E-state index in [0.29, 0.717) is 6.54 Å². The second kappa shape index (κ2) is 8.20. The molecule has 0 aliphatic carbocycles. The summed E-state index contributed by atoms with van der Waals surface area (Å²) in [5.74, 6) is 2.65. The van der Waals surface area contributed by atoms with Crippen LogP contribution < -0.4 is 15.4 Å². The van der Waals surface area contributed by atoms with Crippen molar-refractivity contribution in [1.29, 1.82) is 0 Å². The molecule has 0 unspecified atom stereocenters. The first-order valence-corrected chi connectivity index (χ1v) is 10.4. The number of aliphatic imine (C=N–C) groups is 1. The van der Waals surface area contributed by atoms with Gasteiger partial charge in [0.15, 0.2) is 0 Å². The molecule has 1 spiro atoms. The molecule has 1 fully saturated rings. The van der Waals surface area contributed by atoms with Gasteiger partial charge in [-0.3, -0.25) is 0 Å². The molecule has 2 aliphatic heterocycles. The summed E-state index contributed by atoms with van der Waals surface area (Å²) in [6.07, 6.45) is 1.79. The summed E-state index contributed by atoms with van der Waals surface area (Å²) in [7, 11) is 0. The predicted molar refractivity (Wildman–Crippen MR) is 120 cm³/mol. The van der Waals surface area contributed by atoms with E-state index in [1.807, 2.05) is 60.7 Å². The second-order valence-corrected chi connectivity index (χ2v) is 7.71. The van der Waals surface area contributed by atoms with E-state index in [0.717, 1.165) is 60.3 Å². The largest absolute Gasteiger partial charge is 0.457 e. The highest BCUT2D eigenvalue weighted by atomic mass is 16.5. The molecule has 3 aromatic rings. The molecule has 30 heavy (non-hydrogen) atoms. The van der Waals surface area contributed by atoms with Crippen molar-refractivity contribution in [2.45, 2.75) is 24.9 Å². The van der Waals surface area contributed by atoms with Gasteiger partial charge in [-0.05, 0) is 42.0 Å². The Morgan fingerprint density at radius 2 is 1.67 bits per heavy atom. The van der Waals surface area contributed by atoms with E-state index in [1.54, 1.807) is 0 Å². The van der Waals surface area contributed by atoms with Crippen LogP contribution in [0.5, 0.6) is 11.5 Å². The summed E-state index contributed by atoms with van der Waals surface area (Å²) >= 11 is 0. The van der Waals surface area contributed by atoms with E-state index in [1.165, 1.54) is 0 Å². The van der Waals surface area contributed by atoms with Gasteiger partial charge in [-0.15, -0.1) is 0 Å². The number of ether oxygens (including phenoxy) is 2. The molecule has 0 bridgehead atoms. The van der Waals surface area contributed by atoms with Crippen molar-refractivity contribution in [2.24, 2.45) is 4.99 Å². The highest BCUT2D eigenvalue weighted by Gasteiger charge is 2.40. The average molecular weight is 399 g/mol. The zero-order chi connectivity index (χ0) is 20.2. The monoisotopic (exact) mass is 399 g/mol. The van der Waals surface area contributed by atoms with Crippen LogP contribution in [0.25, 0.3) is 0 Å². The van der Waals surface area contributed by atoms with Crippen LogP contribution >= 0.6 is 0 Å². The van der Waals surface area contributed by atoms with Gasteiger partial charge in [0, 0.05) is 32.6 Å². The summed E-state index contributed by atoms with van der Waals surface area (Å²) in [6, 6.07) is 26.2. The molecular formula is C25H25N3O2. The molecule has 0 aromatic heterocycles. The lowest BCUT2D eigenvalue weighted by atomic mass is 9.86. The number of nitrogens with one attached hydrogen (secondary N) is 2. The first-order valence-electron chi connectivity index (χ1n) is 10.4. The van der Waals surface area contributed by atoms with Crippen molar-refractivity contribution >= 4 is 17.2 Å². The van der Waals surface area contributed by atoms with Crippen LogP contribution in [-0.2, 0) is 11.3 Å². The molecular weight excluding hydrogens is 374 g/mol. The minimum absolute atomic E-state index is 0.204. The molecule has 2 heterocycles. The number of nitrogens with zero attached hydrogens (tertiary/aromatic N) is 1. The van der Waals surface area contributed by atoms with Crippen LogP contribution in [0.3, 0.4) is 0 Å². The summed E-state index contributed by atoms with van der Waals surface area (Å²) in [5.41, 5.74) is 3.00. The summed E-state index contributed by atoms with van der Waals surface area (Å²) in [4.78, 5) is 4.98. The van der Waals surface area contributed by atoms with Crippen molar-refractivity contribution < 1.29 is 9.47 Å². The number of amidine groups is 1. The number of para-hydroxylation sites is 3. The van der Waals surface area contributed by atoms with Crippen LogP contribution in [0.4, 0.5) is 11.4 Å². The Labute approximate surface area is 176 Å². The Hall–Kier alpha value is -3.31. The summed E-state index contributed by atoms with van der Waals surface area (Å²) < 4.78 is 11.6. The lowest BCUT2D eigenvalue weighted by Crippen LogP contribution is -2.56. The third kappa shape index (κ3) is 3.89. The maximum Gasteiger partial charge on any atom is 0.129 e. The summed E-state index contributed by atoms with van der Waals surface area (Å²) in [6.45, 7) is 2.14. The van der Waals surface area contributed by atoms with Crippen LogP contribution in [0.15, 0.2) is 83.9 Å². The van der Waals surface area contributed by atoms with Gasteiger partial charge in [0.1, 0.15) is 17.3 Å². The van der Waals surface area contributed by atoms with E-state index in [9.17, 15) is 0 Å². The molecule has 0 atom stereocenters. The highest BCUT2D eigenvalue weighted by Crippen LogP contribution is 2.37. The van der Waals surface area contributed by atoms with Gasteiger partial charge in [-0.1, -0.05) is 42.5 Å². The molecule has 152 valence electrons. The minimum Gasteiger partial charge on any atom is -0.457 e. The number of rotatable bonds is 4. The maximum atomic E-state index is 5.98. The van der Waals surface area contributed by atoms with Gasteiger partial charge in [-0.25, -0.2) is 4.99 Å². The Balaban J connectivity index is 1.35. The van der Waals surface area contributed by atoms with Crippen LogP contribution in [0.1, 0.15) is 18.4 Å². The average Bonchev–Trinajstić information content (AvgIpc) is 2.79. The standard InChI is InChI=1S/C25H25N3O2/c1-2-8-20(9-3-1)30-21-10-6-7-19(17-21)18-26-24-25(13-15-29-16-14-25)28-23-12-5-4-11-22(23)27-24/h1-12,17,28H,13-16,18H2,(H,26,27). The van der Waals surface area contributed by atoms with Crippen molar-refractivity contribution in [1.82, 2.24) is 5.32 Å². The molecule has 5 rings (SSSR count). The number of fused-ring (bicyclic) bond motifs is 1. The molecule has 5 nitrogen and oxygen atoms in total. The molecule has 0 saturated carbocycles. The highest BCUT2D eigenvalue weighted by molar-refractivity contribution is 6.00. The quantitative estimate of drug-likeness (QED) is 0.627. The zero-order valence-electron chi connectivity index (χ0n) is 16.8. The Morgan fingerprint density at radius 3 is 2.53 bits per heavy atom. The van der Waals surface area contributed by atoms with E-state index < -0.39 is 0 Å². The van der Waals surface area contributed by atoms with E-state index >= 15 is 0 Å². The molecule has 0 amide bonds. The van der Waals surface area contributed by atoms with E-state index in [-0.39, 0.29) is 5.54 Å². The van der Waals surface area contributed by atoms with Crippen molar-refractivity contribution in [2.75, 3.05) is 18.5 Å². The van der Waals surface area contributed by atoms with Crippen molar-refractivity contribution in [3.05, 3.63) is 84.4 Å². The van der Waals surface area contributed by atoms with Gasteiger partial charge < -0.3 is 20.1 Å². The lowest BCUT2D eigenvalue weighted by Gasteiger charge is -2.42. The van der Waals surface area contributed by atoms with E-state index in [2.05, 4.69) is 28.8 Å². The second-order valence-electron chi connectivity index (χ2n) is 7.71. The van der Waals surface area contributed by atoms with Gasteiger partial charge in [0.05, 0.1) is 16.9 Å². The summed E-state index contributed by atoms with van der Waals surface area (Å²) in [5, 5.41) is 7.35. The molecule has 5 heteroatoms. The molecule has 2 aliphatic rings. The maximum absolute atomic E-state index is 5.98. The molecule has 2 N–H and O–H groups in total. The molecule has 1 saturated heterocycles. The van der Waals surface area contributed by atoms with Crippen LogP contribution in [0.2, 0.25) is 0 Å². The van der Waals surface area contributed by atoms with Crippen LogP contribution in [0, 0.1) is 0 Å². The van der Waals surface area contributed by atoms with Crippen molar-refractivity contribution in [3.8, 4) is 11.5 Å². The lowest BCUT2D eigenvalue weighted by molar-refractivity contribution is 0.0771. The minimum atomic E-state index is -0.204. The molecule has 0 radical (unpaired) electrons. The number of anilines is 1. The van der Waals surface area contributed by atoms with Gasteiger partial charge in [0.25, 0.3) is 0 Å². The number of hydrogen-bond donors (Lipinski definition) is 2. The Morgan fingerprint density at radius 1 is 0.900 bits per heavy atom. The Bertz CT molecular complexity index is 1040. The third-order valence-electron chi connectivity index (χ3n) is 5.65.